The highest BCUT2D eigenvalue weighted by molar-refractivity contribution is 7.89. The van der Waals surface area contributed by atoms with Crippen molar-refractivity contribution < 1.29 is 32.2 Å². The third kappa shape index (κ3) is 5.20. The average molecular weight is 467 g/mol. The predicted molar refractivity (Wildman–Crippen MR) is 119 cm³/mol. The van der Waals surface area contributed by atoms with Crippen LogP contribution in [0.3, 0.4) is 0 Å². The molecule has 0 aliphatic rings. The molecule has 0 saturated heterocycles. The van der Waals surface area contributed by atoms with Gasteiger partial charge in [-0.2, -0.15) is 4.31 Å². The second kappa shape index (κ2) is 10.8. The molecule has 2 rings (SSSR count). The van der Waals surface area contributed by atoms with Crippen molar-refractivity contribution in [3.8, 4) is 5.75 Å². The van der Waals surface area contributed by atoms with Crippen molar-refractivity contribution in [2.45, 2.75) is 25.2 Å². The van der Waals surface area contributed by atoms with Gasteiger partial charge in [0.25, 0.3) is 0 Å². The number of hydrogen-bond acceptors (Lipinski definition) is 7. The van der Waals surface area contributed by atoms with Crippen LogP contribution < -0.4 is 4.74 Å². The van der Waals surface area contributed by atoms with Crippen molar-refractivity contribution in [2.24, 2.45) is 7.05 Å². The van der Waals surface area contributed by atoms with Crippen molar-refractivity contribution in [3.63, 3.8) is 0 Å². The molecular weight excluding hydrogens is 436 g/mol. The normalized spacial score (nSPS) is 11.6. The summed E-state index contributed by atoms with van der Waals surface area (Å²) in [6, 6.07) is 5.99. The molecule has 10 heteroatoms. The van der Waals surface area contributed by atoms with Gasteiger partial charge in [-0.15, -0.1) is 0 Å². The van der Waals surface area contributed by atoms with E-state index in [1.807, 2.05) is 0 Å². The first-order valence-electron chi connectivity index (χ1n) is 10.0. The molecule has 1 aromatic heterocycles. The van der Waals surface area contributed by atoms with Gasteiger partial charge < -0.3 is 18.8 Å². The van der Waals surface area contributed by atoms with Crippen LogP contribution in [-0.4, -0.2) is 70.1 Å². The summed E-state index contributed by atoms with van der Waals surface area (Å²) >= 11 is 0. The van der Waals surface area contributed by atoms with Crippen molar-refractivity contribution >= 4 is 21.8 Å². The van der Waals surface area contributed by atoms with Crippen molar-refractivity contribution in [1.82, 2.24) is 8.87 Å². The molecule has 0 aliphatic carbocycles. The maximum atomic E-state index is 13.3. The standard InChI is InChI=1S/C22H30N2O7S/c1-15-20(16(2)23(3)21(15)22(26)31-6)19(25)14-24(12-7-13-29-4)32(27,28)18-10-8-17(30-5)9-11-18/h8-11H,7,12-14H2,1-6H3. The third-order valence-electron chi connectivity index (χ3n) is 5.36. The highest BCUT2D eigenvalue weighted by atomic mass is 32.2. The molecule has 0 saturated carbocycles. The highest BCUT2D eigenvalue weighted by Gasteiger charge is 2.30. The summed E-state index contributed by atoms with van der Waals surface area (Å²) in [6.07, 6.45) is 0.416. The number of ketones is 1. The largest absolute Gasteiger partial charge is 0.497 e. The Labute approximate surface area is 188 Å². The van der Waals surface area contributed by atoms with Gasteiger partial charge >= 0.3 is 5.97 Å². The lowest BCUT2D eigenvalue weighted by molar-refractivity contribution is 0.0588. The highest BCUT2D eigenvalue weighted by Crippen LogP contribution is 2.25. The Kier molecular flexibility index (Phi) is 8.59. The Bertz CT molecular complexity index is 1070. The van der Waals surface area contributed by atoms with Crippen LogP contribution in [0, 0.1) is 13.8 Å². The quantitative estimate of drug-likeness (QED) is 0.284. The van der Waals surface area contributed by atoms with E-state index in [9.17, 15) is 18.0 Å². The molecule has 1 heterocycles. The second-order valence-electron chi connectivity index (χ2n) is 7.27. The van der Waals surface area contributed by atoms with Gasteiger partial charge in [0.2, 0.25) is 10.0 Å². The minimum atomic E-state index is -3.96. The van der Waals surface area contributed by atoms with E-state index in [1.165, 1.54) is 33.5 Å². The smallest absolute Gasteiger partial charge is 0.354 e. The number of nitrogens with zero attached hydrogens (tertiary/aromatic N) is 2. The molecule has 176 valence electrons. The Hall–Kier alpha value is -2.69. The number of aromatic nitrogens is 1. The topological polar surface area (TPSA) is 104 Å². The fourth-order valence-electron chi connectivity index (χ4n) is 3.58. The maximum Gasteiger partial charge on any atom is 0.354 e. The lowest BCUT2D eigenvalue weighted by Crippen LogP contribution is -2.37. The fourth-order valence-corrected chi connectivity index (χ4v) is 5.01. The van der Waals surface area contributed by atoms with E-state index < -0.39 is 21.8 Å². The minimum absolute atomic E-state index is 0.0558. The Morgan fingerprint density at radius 1 is 1.06 bits per heavy atom. The van der Waals surface area contributed by atoms with Gasteiger partial charge in [0.1, 0.15) is 11.4 Å². The first-order chi connectivity index (χ1) is 15.1. The number of ether oxygens (including phenoxy) is 3. The molecule has 32 heavy (non-hydrogen) atoms. The number of esters is 1. The van der Waals surface area contributed by atoms with E-state index in [0.717, 1.165) is 4.31 Å². The molecule has 9 nitrogen and oxygen atoms in total. The van der Waals surface area contributed by atoms with Crippen LogP contribution in [0.25, 0.3) is 0 Å². The summed E-state index contributed by atoms with van der Waals surface area (Å²) in [4.78, 5) is 25.5. The number of benzene rings is 1. The van der Waals surface area contributed by atoms with E-state index >= 15 is 0 Å². The van der Waals surface area contributed by atoms with Gasteiger partial charge in [-0.1, -0.05) is 0 Å². The van der Waals surface area contributed by atoms with E-state index in [2.05, 4.69) is 0 Å². The number of methoxy groups -OCH3 is 3. The molecular formula is C22H30N2O7S. The maximum absolute atomic E-state index is 13.3. The van der Waals surface area contributed by atoms with E-state index in [-0.39, 0.29) is 23.7 Å². The number of rotatable bonds is 11. The van der Waals surface area contributed by atoms with Crippen LogP contribution in [-0.2, 0) is 26.5 Å². The predicted octanol–water partition coefficient (Wildman–Crippen LogP) is 2.35. The van der Waals surface area contributed by atoms with Crippen LogP contribution in [0.2, 0.25) is 0 Å². The van der Waals surface area contributed by atoms with Crippen molar-refractivity contribution in [1.29, 1.82) is 0 Å². The molecule has 2 aromatic rings. The SMILES string of the molecule is COCCCN(CC(=O)c1c(C)c(C(=O)OC)n(C)c1C)S(=O)(=O)c1ccc(OC)cc1. The summed E-state index contributed by atoms with van der Waals surface area (Å²) in [5.74, 6) is -0.438. The summed E-state index contributed by atoms with van der Waals surface area (Å²) < 4.78 is 44.3. The summed E-state index contributed by atoms with van der Waals surface area (Å²) in [7, 11) is 1.99. The van der Waals surface area contributed by atoms with Gasteiger partial charge in [-0.05, 0) is 50.1 Å². The Morgan fingerprint density at radius 2 is 1.69 bits per heavy atom. The van der Waals surface area contributed by atoms with Crippen LogP contribution in [0.5, 0.6) is 5.75 Å². The van der Waals surface area contributed by atoms with Crippen LogP contribution in [0.4, 0.5) is 0 Å². The van der Waals surface area contributed by atoms with Gasteiger partial charge in [-0.25, -0.2) is 13.2 Å². The number of Topliss-reactive ketones (excluding diaryl/α,β-unsaturated/α-hetero) is 1. The second-order valence-corrected chi connectivity index (χ2v) is 9.21. The summed E-state index contributed by atoms with van der Waals surface area (Å²) in [6.45, 7) is 3.44. The van der Waals surface area contributed by atoms with E-state index in [1.54, 1.807) is 37.6 Å². The van der Waals surface area contributed by atoms with Crippen LogP contribution >= 0.6 is 0 Å². The zero-order valence-corrected chi connectivity index (χ0v) is 20.1. The molecule has 0 fully saturated rings. The first-order valence-corrected chi connectivity index (χ1v) is 11.4. The number of hydrogen-bond donors (Lipinski definition) is 0. The molecule has 0 radical (unpaired) electrons. The van der Waals surface area contributed by atoms with Gasteiger partial charge in [0.05, 0.1) is 25.7 Å². The zero-order chi connectivity index (χ0) is 24.1. The average Bonchev–Trinajstić information content (AvgIpc) is 3.00. The molecule has 0 amide bonds. The summed E-state index contributed by atoms with van der Waals surface area (Å²) in [5.41, 5.74) is 1.60. The number of carbonyl (C=O) groups excluding carboxylic acids is 2. The molecule has 0 N–H and O–H groups in total. The van der Waals surface area contributed by atoms with Gasteiger partial charge in [0.15, 0.2) is 5.78 Å². The molecule has 0 atom stereocenters. The van der Waals surface area contributed by atoms with Crippen LogP contribution in [0.15, 0.2) is 29.2 Å². The molecule has 0 unspecified atom stereocenters. The number of carbonyl (C=O) groups is 2. The molecule has 0 aliphatic heterocycles. The van der Waals surface area contributed by atoms with Crippen molar-refractivity contribution in [3.05, 3.63) is 46.8 Å². The minimum Gasteiger partial charge on any atom is -0.497 e. The molecule has 0 spiro atoms. The Balaban J connectivity index is 2.42. The first kappa shape index (κ1) is 25.6. The lowest BCUT2D eigenvalue weighted by atomic mass is 10.1. The van der Waals surface area contributed by atoms with E-state index in [4.69, 9.17) is 14.2 Å². The summed E-state index contributed by atoms with van der Waals surface area (Å²) in [5, 5.41) is 0. The fraction of sp³-hybridized carbons (Fsp3) is 0.455. The van der Waals surface area contributed by atoms with Crippen LogP contribution in [0.1, 0.15) is 38.5 Å². The number of sulfonamides is 1. The monoisotopic (exact) mass is 466 g/mol. The molecule has 0 bridgehead atoms. The lowest BCUT2D eigenvalue weighted by Gasteiger charge is -2.22. The van der Waals surface area contributed by atoms with E-state index in [0.29, 0.717) is 35.6 Å². The van der Waals surface area contributed by atoms with Gasteiger partial charge in [0, 0.05) is 38.6 Å². The third-order valence-corrected chi connectivity index (χ3v) is 7.22. The zero-order valence-electron chi connectivity index (χ0n) is 19.3. The van der Waals surface area contributed by atoms with Crippen molar-refractivity contribution in [2.75, 3.05) is 41.0 Å². The Morgan fingerprint density at radius 3 is 2.22 bits per heavy atom. The molecule has 1 aromatic carbocycles. The van der Waals surface area contributed by atoms with Gasteiger partial charge in [-0.3, -0.25) is 4.79 Å².